The van der Waals surface area contributed by atoms with Gasteiger partial charge in [-0.05, 0) is 43.7 Å². The molecule has 6 nitrogen and oxygen atoms in total. The number of hydrogen-bond donors (Lipinski definition) is 1. The minimum absolute atomic E-state index is 0.182. The smallest absolute Gasteiger partial charge is 0.260 e. The number of sulfonamides is 1. The molecule has 2 rings (SSSR count). The van der Waals surface area contributed by atoms with Crippen LogP contribution in [0.5, 0.6) is 5.75 Å². The second kappa shape index (κ2) is 10.5. The molecule has 0 aliphatic carbocycles. The summed E-state index contributed by atoms with van der Waals surface area (Å²) in [5.41, 5.74) is 3.06. The number of anilines is 1. The molecular formula is C21H28N2O4S2. The summed E-state index contributed by atoms with van der Waals surface area (Å²) in [6.07, 6.45) is 0.499. The number of aryl methyl sites for hydroxylation is 1. The molecule has 0 radical (unpaired) electrons. The molecule has 2 aromatic carbocycles. The van der Waals surface area contributed by atoms with Gasteiger partial charge in [0, 0.05) is 25.1 Å². The van der Waals surface area contributed by atoms with Crippen LogP contribution < -0.4 is 14.4 Å². The van der Waals surface area contributed by atoms with Crippen molar-refractivity contribution in [3.05, 3.63) is 59.7 Å². The molecule has 158 valence electrons. The van der Waals surface area contributed by atoms with E-state index in [0.717, 1.165) is 17.8 Å². The number of ether oxygens (including phenoxy) is 1. The van der Waals surface area contributed by atoms with Gasteiger partial charge in [-0.25, -0.2) is 8.42 Å². The maximum Gasteiger partial charge on any atom is 0.260 e. The zero-order valence-corrected chi connectivity index (χ0v) is 18.8. The van der Waals surface area contributed by atoms with Crippen molar-refractivity contribution in [2.24, 2.45) is 0 Å². The van der Waals surface area contributed by atoms with Crippen molar-refractivity contribution in [3.8, 4) is 5.75 Å². The first-order valence-electron chi connectivity index (χ1n) is 9.28. The fourth-order valence-corrected chi connectivity index (χ4v) is 3.88. The van der Waals surface area contributed by atoms with Crippen LogP contribution in [0.2, 0.25) is 0 Å². The highest BCUT2D eigenvalue weighted by atomic mass is 32.2. The van der Waals surface area contributed by atoms with E-state index in [1.807, 2.05) is 0 Å². The van der Waals surface area contributed by atoms with Crippen molar-refractivity contribution in [2.45, 2.75) is 25.7 Å². The normalized spacial score (nSPS) is 12.3. The fraction of sp³-hybridized carbons (Fsp3) is 0.381. The van der Waals surface area contributed by atoms with Gasteiger partial charge in [-0.3, -0.25) is 9.10 Å². The van der Waals surface area contributed by atoms with Gasteiger partial charge in [0.05, 0.1) is 11.9 Å². The molecule has 1 atom stereocenters. The van der Waals surface area contributed by atoms with Gasteiger partial charge in [-0.1, -0.05) is 29.8 Å². The van der Waals surface area contributed by atoms with E-state index in [4.69, 9.17) is 4.74 Å². The fourth-order valence-electron chi connectivity index (χ4n) is 2.57. The molecule has 29 heavy (non-hydrogen) atoms. The van der Waals surface area contributed by atoms with Gasteiger partial charge < -0.3 is 10.1 Å². The minimum atomic E-state index is -3.31. The van der Waals surface area contributed by atoms with Gasteiger partial charge in [0.25, 0.3) is 5.91 Å². The second-order valence-corrected chi connectivity index (χ2v) is 9.94. The standard InChI is InChI=1S/C21H28N2O4S2/c1-16-6-5-7-18(14-16)15-28-13-12-22-21(24)17(2)27-20-10-8-19(9-11-20)23(3)29(4,25)26/h5-11,14,17H,12-13,15H2,1-4H3,(H,22,24)/t17-/m0/s1. The van der Waals surface area contributed by atoms with Crippen molar-refractivity contribution in [3.63, 3.8) is 0 Å². The molecule has 0 fully saturated rings. The summed E-state index contributed by atoms with van der Waals surface area (Å²) in [6.45, 7) is 4.33. The SMILES string of the molecule is Cc1cccc(CSCCNC(=O)[C@H](C)Oc2ccc(N(C)S(C)(=O)=O)cc2)c1. The first-order valence-corrected chi connectivity index (χ1v) is 12.3. The third-order valence-corrected chi connectivity index (χ3v) is 6.51. The van der Waals surface area contributed by atoms with Crippen LogP contribution in [0.25, 0.3) is 0 Å². The molecule has 0 unspecified atom stereocenters. The lowest BCUT2D eigenvalue weighted by molar-refractivity contribution is -0.127. The number of carbonyl (C=O) groups is 1. The molecule has 0 saturated carbocycles. The lowest BCUT2D eigenvalue weighted by Gasteiger charge is -2.18. The third kappa shape index (κ3) is 7.62. The van der Waals surface area contributed by atoms with Gasteiger partial charge in [-0.2, -0.15) is 11.8 Å². The summed E-state index contributed by atoms with van der Waals surface area (Å²) in [5.74, 6) is 2.06. The molecule has 0 aliphatic rings. The number of nitrogens with zero attached hydrogens (tertiary/aromatic N) is 1. The van der Waals surface area contributed by atoms with Gasteiger partial charge >= 0.3 is 0 Å². The molecule has 0 aromatic heterocycles. The summed E-state index contributed by atoms with van der Waals surface area (Å²) in [7, 11) is -1.83. The van der Waals surface area contributed by atoms with E-state index in [-0.39, 0.29) is 5.91 Å². The Kier molecular flexibility index (Phi) is 8.40. The molecule has 0 heterocycles. The molecule has 8 heteroatoms. The highest BCUT2D eigenvalue weighted by molar-refractivity contribution is 7.98. The summed E-state index contributed by atoms with van der Waals surface area (Å²) in [4.78, 5) is 12.2. The summed E-state index contributed by atoms with van der Waals surface area (Å²) in [6, 6.07) is 15.0. The van der Waals surface area contributed by atoms with E-state index >= 15 is 0 Å². The van der Waals surface area contributed by atoms with E-state index in [0.29, 0.717) is 18.0 Å². The number of rotatable bonds is 10. The Morgan fingerprint density at radius 1 is 1.21 bits per heavy atom. The predicted octanol–water partition coefficient (Wildman–Crippen LogP) is 3.21. The zero-order valence-electron chi connectivity index (χ0n) is 17.2. The Morgan fingerprint density at radius 2 is 1.90 bits per heavy atom. The number of hydrogen-bond acceptors (Lipinski definition) is 5. The first-order chi connectivity index (χ1) is 13.7. The maximum atomic E-state index is 12.2. The number of carbonyl (C=O) groups excluding carboxylic acids is 1. The van der Waals surface area contributed by atoms with Crippen LogP contribution in [0.1, 0.15) is 18.1 Å². The van der Waals surface area contributed by atoms with Crippen molar-refractivity contribution >= 4 is 33.4 Å². The summed E-state index contributed by atoms with van der Waals surface area (Å²) >= 11 is 1.77. The summed E-state index contributed by atoms with van der Waals surface area (Å²) < 4.78 is 30.0. The van der Waals surface area contributed by atoms with Crippen LogP contribution in [0.3, 0.4) is 0 Å². The Balaban J connectivity index is 1.73. The van der Waals surface area contributed by atoms with Crippen molar-refractivity contribution in [1.82, 2.24) is 5.32 Å². The number of benzene rings is 2. The van der Waals surface area contributed by atoms with Crippen LogP contribution >= 0.6 is 11.8 Å². The molecule has 1 amide bonds. The van der Waals surface area contributed by atoms with E-state index in [1.165, 1.54) is 22.5 Å². The van der Waals surface area contributed by atoms with Crippen molar-refractivity contribution < 1.29 is 17.9 Å². The average Bonchev–Trinajstić information content (AvgIpc) is 2.67. The first kappa shape index (κ1) is 23.1. The van der Waals surface area contributed by atoms with Crippen molar-refractivity contribution in [1.29, 1.82) is 0 Å². The predicted molar refractivity (Wildman–Crippen MR) is 120 cm³/mol. The highest BCUT2D eigenvalue weighted by Gasteiger charge is 2.15. The van der Waals surface area contributed by atoms with Crippen LogP contribution in [-0.2, 0) is 20.6 Å². The van der Waals surface area contributed by atoms with Gasteiger partial charge in [0.2, 0.25) is 10.0 Å². The zero-order chi connectivity index (χ0) is 21.4. The van der Waals surface area contributed by atoms with Crippen LogP contribution in [-0.4, -0.2) is 46.0 Å². The third-order valence-electron chi connectivity index (χ3n) is 4.28. The lowest BCUT2D eigenvalue weighted by atomic mass is 10.2. The van der Waals surface area contributed by atoms with Crippen LogP contribution in [0.4, 0.5) is 5.69 Å². The average molecular weight is 437 g/mol. The number of thioether (sulfide) groups is 1. The molecular weight excluding hydrogens is 408 g/mol. The quantitative estimate of drug-likeness (QED) is 0.579. The van der Waals surface area contributed by atoms with E-state index < -0.39 is 16.1 Å². The summed E-state index contributed by atoms with van der Waals surface area (Å²) in [5, 5.41) is 2.88. The van der Waals surface area contributed by atoms with Gasteiger partial charge in [0.15, 0.2) is 6.10 Å². The number of amides is 1. The van der Waals surface area contributed by atoms with E-state index in [1.54, 1.807) is 43.0 Å². The maximum absolute atomic E-state index is 12.2. The highest BCUT2D eigenvalue weighted by Crippen LogP contribution is 2.21. The molecule has 0 saturated heterocycles. The molecule has 0 aliphatic heterocycles. The monoisotopic (exact) mass is 436 g/mol. The van der Waals surface area contributed by atoms with E-state index in [2.05, 4.69) is 36.5 Å². The Bertz CT molecular complexity index is 915. The van der Waals surface area contributed by atoms with Crippen LogP contribution in [0, 0.1) is 6.92 Å². The molecule has 1 N–H and O–H groups in total. The minimum Gasteiger partial charge on any atom is -0.481 e. The number of nitrogens with one attached hydrogen (secondary N) is 1. The largest absolute Gasteiger partial charge is 0.481 e. The topological polar surface area (TPSA) is 75.7 Å². The van der Waals surface area contributed by atoms with Crippen molar-refractivity contribution in [2.75, 3.05) is 29.9 Å². The lowest BCUT2D eigenvalue weighted by Crippen LogP contribution is -2.37. The Morgan fingerprint density at radius 3 is 2.52 bits per heavy atom. The Labute approximate surface area is 177 Å². The van der Waals surface area contributed by atoms with Crippen LogP contribution in [0.15, 0.2) is 48.5 Å². The Hall–Kier alpha value is -2.19. The molecule has 0 spiro atoms. The van der Waals surface area contributed by atoms with E-state index in [9.17, 15) is 13.2 Å². The molecule has 2 aromatic rings. The van der Waals surface area contributed by atoms with Gasteiger partial charge in [0.1, 0.15) is 5.75 Å². The second-order valence-electron chi connectivity index (χ2n) is 6.82. The molecule has 0 bridgehead atoms. The van der Waals surface area contributed by atoms with Gasteiger partial charge in [-0.15, -0.1) is 0 Å².